The monoisotopic (exact) mass is 319 g/mol. The van der Waals surface area contributed by atoms with Gasteiger partial charge in [0.2, 0.25) is 10.0 Å². The van der Waals surface area contributed by atoms with Crippen LogP contribution in [0.25, 0.3) is 0 Å². The fraction of sp³-hybridized carbons (Fsp3) is 0.333. The molecule has 0 bridgehead atoms. The lowest BCUT2D eigenvalue weighted by atomic mass is 10.1. The molecule has 1 atom stereocenters. The van der Waals surface area contributed by atoms with E-state index in [0.717, 1.165) is 12.8 Å². The lowest BCUT2D eigenvalue weighted by Crippen LogP contribution is -2.44. The Morgan fingerprint density at radius 1 is 1.14 bits per heavy atom. The summed E-state index contributed by atoms with van der Waals surface area (Å²) in [6.07, 6.45) is 7.71. The number of ether oxygens (including phenoxy) is 1. The topological polar surface area (TPSA) is 72.4 Å². The van der Waals surface area contributed by atoms with Crippen LogP contribution in [0.4, 0.5) is 0 Å². The highest BCUT2D eigenvalue weighted by atomic mass is 32.2. The first-order valence-corrected chi connectivity index (χ1v) is 8.57. The lowest BCUT2D eigenvalue weighted by molar-refractivity contribution is 0.129. The summed E-state index contributed by atoms with van der Waals surface area (Å²) >= 11 is 0. The molecular weight excluding hydrogens is 302 g/mol. The van der Waals surface area contributed by atoms with Crippen molar-refractivity contribution in [2.75, 3.05) is 13.1 Å². The first-order valence-electron chi connectivity index (χ1n) is 7.13. The first-order chi connectivity index (χ1) is 10.7. The molecule has 0 aliphatic carbocycles. The van der Waals surface area contributed by atoms with Crippen molar-refractivity contribution in [3.8, 4) is 5.75 Å². The molecule has 0 spiro atoms. The van der Waals surface area contributed by atoms with Gasteiger partial charge in [0.1, 0.15) is 16.7 Å². The van der Waals surface area contributed by atoms with Gasteiger partial charge in [0, 0.05) is 31.3 Å². The van der Waals surface area contributed by atoms with Crippen molar-refractivity contribution in [1.29, 1.82) is 0 Å². The van der Waals surface area contributed by atoms with E-state index < -0.39 is 10.0 Å². The van der Waals surface area contributed by atoms with Gasteiger partial charge < -0.3 is 4.74 Å². The largest absolute Gasteiger partial charge is 0.489 e. The maximum Gasteiger partial charge on any atom is 0.244 e. The Labute approximate surface area is 129 Å². The van der Waals surface area contributed by atoms with Gasteiger partial charge in [-0.2, -0.15) is 4.31 Å². The van der Waals surface area contributed by atoms with Crippen molar-refractivity contribution < 1.29 is 13.2 Å². The second-order valence-corrected chi connectivity index (χ2v) is 7.05. The van der Waals surface area contributed by atoms with E-state index >= 15 is 0 Å². The third kappa shape index (κ3) is 3.26. The molecule has 116 valence electrons. The quantitative estimate of drug-likeness (QED) is 0.858. The standard InChI is InChI=1S/C15H17N3O3S/c19-22(20,15-4-1-7-17-11-15)18-10-2-3-14(12-18)21-13-5-8-16-9-6-13/h1,4-9,11,14H,2-3,10,12H2/t14-/m0/s1. The van der Waals surface area contributed by atoms with Gasteiger partial charge in [-0.15, -0.1) is 0 Å². The number of aromatic nitrogens is 2. The fourth-order valence-electron chi connectivity index (χ4n) is 2.48. The number of hydrogen-bond donors (Lipinski definition) is 0. The number of rotatable bonds is 4. The van der Waals surface area contributed by atoms with E-state index in [-0.39, 0.29) is 11.0 Å². The fourth-order valence-corrected chi connectivity index (χ4v) is 3.95. The van der Waals surface area contributed by atoms with Crippen LogP contribution in [0.3, 0.4) is 0 Å². The predicted octanol–water partition coefficient (Wildman–Crippen LogP) is 1.71. The summed E-state index contributed by atoms with van der Waals surface area (Å²) in [5.41, 5.74) is 0. The third-order valence-corrected chi connectivity index (χ3v) is 5.41. The molecule has 2 aromatic rings. The number of nitrogens with zero attached hydrogens (tertiary/aromatic N) is 3. The molecule has 0 amide bonds. The second-order valence-electron chi connectivity index (χ2n) is 5.12. The minimum Gasteiger partial charge on any atom is -0.489 e. The minimum atomic E-state index is -3.51. The van der Waals surface area contributed by atoms with E-state index in [2.05, 4.69) is 9.97 Å². The number of sulfonamides is 1. The van der Waals surface area contributed by atoms with E-state index in [0.29, 0.717) is 18.8 Å². The summed E-state index contributed by atoms with van der Waals surface area (Å²) in [6.45, 7) is 0.854. The maximum atomic E-state index is 12.6. The van der Waals surface area contributed by atoms with Gasteiger partial charge in [-0.1, -0.05) is 0 Å². The number of piperidine rings is 1. The average molecular weight is 319 g/mol. The SMILES string of the molecule is O=S(=O)(c1cccnc1)N1CCC[C@H](Oc2ccncc2)C1. The van der Waals surface area contributed by atoms with Gasteiger partial charge >= 0.3 is 0 Å². The van der Waals surface area contributed by atoms with Crippen LogP contribution in [-0.2, 0) is 10.0 Å². The molecule has 0 radical (unpaired) electrons. The minimum absolute atomic E-state index is 0.150. The molecule has 0 unspecified atom stereocenters. The molecule has 0 aromatic carbocycles. The highest BCUT2D eigenvalue weighted by Gasteiger charge is 2.31. The summed E-state index contributed by atoms with van der Waals surface area (Å²) in [5, 5.41) is 0. The van der Waals surface area contributed by atoms with Gasteiger partial charge in [-0.05, 0) is 37.1 Å². The van der Waals surface area contributed by atoms with E-state index in [4.69, 9.17) is 4.74 Å². The Balaban J connectivity index is 1.73. The molecular formula is C15H17N3O3S. The first kappa shape index (κ1) is 14.9. The van der Waals surface area contributed by atoms with Crippen LogP contribution in [0.5, 0.6) is 5.75 Å². The van der Waals surface area contributed by atoms with Crippen molar-refractivity contribution in [3.63, 3.8) is 0 Å². The Bertz CT molecular complexity index is 707. The zero-order valence-electron chi connectivity index (χ0n) is 12.0. The van der Waals surface area contributed by atoms with E-state index in [1.165, 1.54) is 10.5 Å². The van der Waals surface area contributed by atoms with Crippen molar-refractivity contribution in [3.05, 3.63) is 49.1 Å². The third-order valence-electron chi connectivity index (χ3n) is 3.57. The average Bonchev–Trinajstić information content (AvgIpc) is 2.57. The van der Waals surface area contributed by atoms with Crippen LogP contribution in [0.2, 0.25) is 0 Å². The molecule has 0 N–H and O–H groups in total. The highest BCUT2D eigenvalue weighted by Crippen LogP contribution is 2.22. The van der Waals surface area contributed by atoms with Crippen LogP contribution in [0.1, 0.15) is 12.8 Å². The summed E-state index contributed by atoms with van der Waals surface area (Å²) < 4.78 is 32.5. The van der Waals surface area contributed by atoms with Crippen LogP contribution < -0.4 is 4.74 Å². The lowest BCUT2D eigenvalue weighted by Gasteiger charge is -2.32. The van der Waals surface area contributed by atoms with Crippen molar-refractivity contribution in [2.45, 2.75) is 23.8 Å². The zero-order chi connectivity index (χ0) is 15.4. The summed E-state index contributed by atoms with van der Waals surface area (Å²) in [4.78, 5) is 8.05. The number of hydrogen-bond acceptors (Lipinski definition) is 5. The van der Waals surface area contributed by atoms with E-state index in [9.17, 15) is 8.42 Å². The molecule has 22 heavy (non-hydrogen) atoms. The number of pyridine rings is 2. The molecule has 7 heteroatoms. The van der Waals surface area contributed by atoms with Gasteiger partial charge in [-0.25, -0.2) is 8.42 Å². The second kappa shape index (κ2) is 6.41. The Morgan fingerprint density at radius 2 is 1.95 bits per heavy atom. The van der Waals surface area contributed by atoms with Gasteiger partial charge in [0.15, 0.2) is 0 Å². The van der Waals surface area contributed by atoms with Gasteiger partial charge in [-0.3, -0.25) is 9.97 Å². The predicted molar refractivity (Wildman–Crippen MR) is 80.9 cm³/mol. The summed E-state index contributed by atoms with van der Waals surface area (Å²) in [7, 11) is -3.51. The van der Waals surface area contributed by atoms with Crippen molar-refractivity contribution in [1.82, 2.24) is 14.3 Å². The molecule has 1 aliphatic rings. The summed E-state index contributed by atoms with van der Waals surface area (Å²) in [5.74, 6) is 0.709. The molecule has 3 rings (SSSR count). The normalized spacial score (nSPS) is 19.7. The summed E-state index contributed by atoms with van der Waals surface area (Å²) in [6, 6.07) is 6.74. The van der Waals surface area contributed by atoms with Crippen LogP contribution >= 0.6 is 0 Å². The molecule has 6 nitrogen and oxygen atoms in total. The van der Waals surface area contributed by atoms with Crippen LogP contribution in [-0.4, -0.2) is 41.9 Å². The van der Waals surface area contributed by atoms with E-state index in [1.807, 2.05) is 0 Å². The van der Waals surface area contributed by atoms with Crippen LogP contribution in [0.15, 0.2) is 53.9 Å². The Hall–Kier alpha value is -1.99. The Kier molecular flexibility index (Phi) is 4.35. The molecule has 0 saturated carbocycles. The maximum absolute atomic E-state index is 12.6. The highest BCUT2D eigenvalue weighted by molar-refractivity contribution is 7.89. The molecule has 3 heterocycles. The van der Waals surface area contributed by atoms with Gasteiger partial charge in [0.05, 0.1) is 6.54 Å². The van der Waals surface area contributed by atoms with Crippen molar-refractivity contribution in [2.24, 2.45) is 0 Å². The van der Waals surface area contributed by atoms with Crippen LogP contribution in [0, 0.1) is 0 Å². The smallest absolute Gasteiger partial charge is 0.244 e. The molecule has 1 aliphatic heterocycles. The van der Waals surface area contributed by atoms with E-state index in [1.54, 1.807) is 42.9 Å². The van der Waals surface area contributed by atoms with Crippen molar-refractivity contribution >= 4 is 10.0 Å². The van der Waals surface area contributed by atoms with Gasteiger partial charge in [0.25, 0.3) is 0 Å². The Morgan fingerprint density at radius 3 is 2.68 bits per heavy atom. The molecule has 1 fully saturated rings. The molecule has 2 aromatic heterocycles. The zero-order valence-corrected chi connectivity index (χ0v) is 12.8. The molecule has 1 saturated heterocycles.